The summed E-state index contributed by atoms with van der Waals surface area (Å²) in [4.78, 5) is 11.9. The van der Waals surface area contributed by atoms with Crippen LogP contribution in [-0.4, -0.2) is 22.6 Å². The van der Waals surface area contributed by atoms with Gasteiger partial charge in [0.25, 0.3) is 5.91 Å². The number of anilines is 1. The first-order chi connectivity index (χ1) is 8.59. The van der Waals surface area contributed by atoms with Crippen LogP contribution in [-0.2, 0) is 0 Å². The fourth-order valence-electron chi connectivity index (χ4n) is 2.06. The second-order valence-corrected chi connectivity index (χ2v) is 5.40. The molecule has 0 aliphatic heterocycles. The molecule has 0 radical (unpaired) electrons. The van der Waals surface area contributed by atoms with Crippen molar-refractivity contribution in [2.75, 3.05) is 12.3 Å². The molecule has 5 nitrogen and oxygen atoms in total. The number of aromatic amines is 1. The van der Waals surface area contributed by atoms with Gasteiger partial charge in [0.2, 0.25) is 0 Å². The highest BCUT2D eigenvalue weighted by atomic mass is 16.1. The SMILES string of the molecule is CC(C)c1[nH]nc(C(=O)NCCCC2CC2)c1N. The van der Waals surface area contributed by atoms with Crippen molar-refractivity contribution in [2.45, 2.75) is 45.4 Å². The Kier molecular flexibility index (Phi) is 3.89. The smallest absolute Gasteiger partial charge is 0.273 e. The van der Waals surface area contributed by atoms with Crippen molar-refractivity contribution in [3.05, 3.63) is 11.4 Å². The molecule has 1 aliphatic rings. The Morgan fingerprint density at radius 3 is 2.83 bits per heavy atom. The lowest BCUT2D eigenvalue weighted by Crippen LogP contribution is -2.25. The molecule has 1 aromatic heterocycles. The van der Waals surface area contributed by atoms with Crippen LogP contribution in [0.1, 0.15) is 61.6 Å². The van der Waals surface area contributed by atoms with Crippen molar-refractivity contribution in [1.82, 2.24) is 15.5 Å². The number of nitrogens with one attached hydrogen (secondary N) is 2. The second-order valence-electron chi connectivity index (χ2n) is 5.40. The van der Waals surface area contributed by atoms with E-state index in [4.69, 9.17) is 5.73 Å². The van der Waals surface area contributed by atoms with Gasteiger partial charge in [0.05, 0.1) is 11.4 Å². The molecule has 18 heavy (non-hydrogen) atoms. The highest BCUT2D eigenvalue weighted by Gasteiger charge is 2.21. The third kappa shape index (κ3) is 3.03. The van der Waals surface area contributed by atoms with Gasteiger partial charge in [0.1, 0.15) is 0 Å². The van der Waals surface area contributed by atoms with Gasteiger partial charge in [-0.1, -0.05) is 26.7 Å². The quantitative estimate of drug-likeness (QED) is 0.675. The van der Waals surface area contributed by atoms with Crippen LogP contribution < -0.4 is 11.1 Å². The van der Waals surface area contributed by atoms with E-state index in [1.807, 2.05) is 13.8 Å². The van der Waals surface area contributed by atoms with Gasteiger partial charge in [-0.2, -0.15) is 5.10 Å². The second kappa shape index (κ2) is 5.42. The minimum atomic E-state index is -0.175. The average Bonchev–Trinajstić information content (AvgIpc) is 3.06. The first-order valence-corrected chi connectivity index (χ1v) is 6.71. The van der Waals surface area contributed by atoms with E-state index in [0.29, 0.717) is 17.9 Å². The first kappa shape index (κ1) is 12.9. The van der Waals surface area contributed by atoms with Crippen LogP contribution in [0.5, 0.6) is 0 Å². The lowest BCUT2D eigenvalue weighted by molar-refractivity contribution is 0.0948. The Bertz CT molecular complexity index is 421. The summed E-state index contributed by atoms with van der Waals surface area (Å²) in [6, 6.07) is 0. The number of nitrogen functional groups attached to an aromatic ring is 1. The standard InChI is InChI=1S/C13H22N4O/c1-8(2)11-10(14)12(17-16-11)13(18)15-7-3-4-9-5-6-9/h8-9H,3-7,14H2,1-2H3,(H,15,18)(H,16,17). The lowest BCUT2D eigenvalue weighted by atomic mass is 10.1. The molecule has 1 amide bonds. The summed E-state index contributed by atoms with van der Waals surface area (Å²) in [5, 5.41) is 9.71. The topological polar surface area (TPSA) is 83.8 Å². The fourth-order valence-corrected chi connectivity index (χ4v) is 2.06. The van der Waals surface area contributed by atoms with Crippen molar-refractivity contribution >= 4 is 11.6 Å². The number of nitrogens with zero attached hydrogens (tertiary/aromatic N) is 1. The predicted molar refractivity (Wildman–Crippen MR) is 71.4 cm³/mol. The van der Waals surface area contributed by atoms with Gasteiger partial charge < -0.3 is 11.1 Å². The highest BCUT2D eigenvalue weighted by molar-refractivity contribution is 5.97. The van der Waals surface area contributed by atoms with Crippen LogP contribution in [0, 0.1) is 5.92 Å². The number of hydrogen-bond donors (Lipinski definition) is 3. The number of H-pyrrole nitrogens is 1. The van der Waals surface area contributed by atoms with Gasteiger partial charge in [-0.3, -0.25) is 9.89 Å². The van der Waals surface area contributed by atoms with Crippen LogP contribution in [0.2, 0.25) is 0 Å². The molecule has 1 aliphatic carbocycles. The minimum Gasteiger partial charge on any atom is -0.395 e. The van der Waals surface area contributed by atoms with Gasteiger partial charge in [0.15, 0.2) is 5.69 Å². The molecule has 0 atom stereocenters. The molecule has 0 unspecified atom stereocenters. The van der Waals surface area contributed by atoms with E-state index < -0.39 is 0 Å². The number of carbonyl (C=O) groups is 1. The molecule has 4 N–H and O–H groups in total. The molecule has 5 heteroatoms. The van der Waals surface area contributed by atoms with Crippen molar-refractivity contribution in [3.63, 3.8) is 0 Å². The van der Waals surface area contributed by atoms with Gasteiger partial charge in [0, 0.05) is 6.54 Å². The molecule has 0 saturated heterocycles. The fraction of sp³-hybridized carbons (Fsp3) is 0.692. The van der Waals surface area contributed by atoms with Gasteiger partial charge in [-0.15, -0.1) is 0 Å². The Labute approximate surface area is 108 Å². The molecular formula is C13H22N4O. The zero-order valence-corrected chi connectivity index (χ0v) is 11.1. The van der Waals surface area contributed by atoms with E-state index in [1.165, 1.54) is 19.3 Å². The summed E-state index contributed by atoms with van der Waals surface area (Å²) in [5.74, 6) is 0.977. The van der Waals surface area contributed by atoms with Crippen molar-refractivity contribution < 1.29 is 4.79 Å². The summed E-state index contributed by atoms with van der Waals surface area (Å²) in [7, 11) is 0. The molecule has 100 valence electrons. The van der Waals surface area contributed by atoms with Gasteiger partial charge in [-0.05, 0) is 24.7 Å². The van der Waals surface area contributed by atoms with Crippen molar-refractivity contribution in [2.24, 2.45) is 5.92 Å². The Balaban J connectivity index is 1.83. The molecule has 0 bridgehead atoms. The molecular weight excluding hydrogens is 228 g/mol. The van der Waals surface area contributed by atoms with E-state index in [0.717, 1.165) is 18.0 Å². The Morgan fingerprint density at radius 2 is 2.28 bits per heavy atom. The van der Waals surface area contributed by atoms with Crippen LogP contribution in [0.3, 0.4) is 0 Å². The molecule has 0 spiro atoms. The van der Waals surface area contributed by atoms with E-state index >= 15 is 0 Å². The van der Waals surface area contributed by atoms with Crippen LogP contribution >= 0.6 is 0 Å². The molecule has 1 fully saturated rings. The van der Waals surface area contributed by atoms with E-state index in [2.05, 4.69) is 15.5 Å². The number of amides is 1. The summed E-state index contributed by atoms with van der Waals surface area (Å²) in [5.41, 5.74) is 7.55. The van der Waals surface area contributed by atoms with E-state index in [-0.39, 0.29) is 11.8 Å². The third-order valence-electron chi connectivity index (χ3n) is 3.40. The number of nitrogens with two attached hydrogens (primary N) is 1. The molecule has 2 rings (SSSR count). The third-order valence-corrected chi connectivity index (χ3v) is 3.40. The minimum absolute atomic E-state index is 0.175. The summed E-state index contributed by atoms with van der Waals surface area (Å²) < 4.78 is 0. The maximum atomic E-state index is 11.9. The zero-order chi connectivity index (χ0) is 13.1. The maximum absolute atomic E-state index is 11.9. The Morgan fingerprint density at radius 1 is 1.56 bits per heavy atom. The van der Waals surface area contributed by atoms with Gasteiger partial charge >= 0.3 is 0 Å². The van der Waals surface area contributed by atoms with Crippen LogP contribution in [0.25, 0.3) is 0 Å². The normalized spacial score (nSPS) is 15.1. The number of hydrogen-bond acceptors (Lipinski definition) is 3. The summed E-state index contributed by atoms with van der Waals surface area (Å²) >= 11 is 0. The molecule has 1 saturated carbocycles. The van der Waals surface area contributed by atoms with E-state index in [1.54, 1.807) is 0 Å². The lowest BCUT2D eigenvalue weighted by Gasteiger charge is -2.04. The number of aromatic nitrogens is 2. The molecule has 0 aromatic carbocycles. The largest absolute Gasteiger partial charge is 0.395 e. The zero-order valence-electron chi connectivity index (χ0n) is 11.1. The van der Waals surface area contributed by atoms with Gasteiger partial charge in [-0.25, -0.2) is 0 Å². The van der Waals surface area contributed by atoms with E-state index in [9.17, 15) is 4.79 Å². The van der Waals surface area contributed by atoms with Crippen LogP contribution in [0.15, 0.2) is 0 Å². The average molecular weight is 250 g/mol. The van der Waals surface area contributed by atoms with Crippen LogP contribution in [0.4, 0.5) is 5.69 Å². The van der Waals surface area contributed by atoms with Crippen molar-refractivity contribution in [3.8, 4) is 0 Å². The number of carbonyl (C=O) groups excluding carboxylic acids is 1. The maximum Gasteiger partial charge on any atom is 0.273 e. The molecule has 1 heterocycles. The number of rotatable bonds is 6. The Hall–Kier alpha value is -1.52. The predicted octanol–water partition coefficient (Wildman–Crippen LogP) is 2.04. The monoisotopic (exact) mass is 250 g/mol. The highest BCUT2D eigenvalue weighted by Crippen LogP contribution is 2.33. The summed E-state index contributed by atoms with van der Waals surface area (Å²) in [6.07, 6.45) is 4.97. The summed E-state index contributed by atoms with van der Waals surface area (Å²) in [6.45, 7) is 4.74. The molecule has 1 aromatic rings. The first-order valence-electron chi connectivity index (χ1n) is 6.71. The van der Waals surface area contributed by atoms with Crippen molar-refractivity contribution in [1.29, 1.82) is 0 Å².